The van der Waals surface area contributed by atoms with Gasteiger partial charge in [-0.2, -0.15) is 0 Å². The van der Waals surface area contributed by atoms with Crippen molar-refractivity contribution in [2.24, 2.45) is 0 Å². The summed E-state index contributed by atoms with van der Waals surface area (Å²) in [6, 6.07) is 0. The van der Waals surface area contributed by atoms with Gasteiger partial charge in [0, 0.05) is 6.42 Å². The largest absolute Gasteiger partial charge is 0.460 e. The molecule has 0 aliphatic heterocycles. The van der Waals surface area contributed by atoms with Crippen LogP contribution < -0.4 is 0 Å². The molecule has 0 saturated heterocycles. The van der Waals surface area contributed by atoms with E-state index in [2.05, 4.69) is 18.8 Å². The van der Waals surface area contributed by atoms with Gasteiger partial charge in [-0.1, -0.05) is 32.1 Å². The Balaban J connectivity index is 4.10. The van der Waals surface area contributed by atoms with E-state index in [9.17, 15) is 9.90 Å². The molecule has 0 aromatic heterocycles. The molecule has 3 nitrogen and oxygen atoms in total. The Morgan fingerprint density at radius 3 is 2.32 bits per heavy atom. The van der Waals surface area contributed by atoms with Crippen LogP contribution >= 0.6 is 0 Å². The Morgan fingerprint density at radius 2 is 1.79 bits per heavy atom. The minimum atomic E-state index is -1.30. The maximum atomic E-state index is 11.6. The predicted octanol–water partition coefficient (Wildman–Crippen LogP) is 3.44. The van der Waals surface area contributed by atoms with Crippen LogP contribution in [0.2, 0.25) is 0 Å². The fourth-order valence-electron chi connectivity index (χ4n) is 1.60. The highest BCUT2D eigenvalue weighted by Crippen LogP contribution is 2.14. The molecule has 0 heterocycles. The molecule has 0 spiro atoms. The van der Waals surface area contributed by atoms with Gasteiger partial charge in [-0.15, -0.1) is 5.92 Å². The van der Waals surface area contributed by atoms with Gasteiger partial charge in [-0.3, -0.25) is 4.79 Å². The van der Waals surface area contributed by atoms with Crippen molar-refractivity contribution in [3.63, 3.8) is 0 Å². The molecular weight excluding hydrogens is 240 g/mol. The third-order valence-electron chi connectivity index (χ3n) is 2.42. The number of carbonyl (C=O) groups is 1. The SMILES string of the molecule is CCCCCCC#C[C@@](C)(O)CC(=O)OC(C)(C)C. The van der Waals surface area contributed by atoms with Gasteiger partial charge in [0.2, 0.25) is 0 Å². The Morgan fingerprint density at radius 1 is 1.16 bits per heavy atom. The number of carbonyl (C=O) groups excluding carboxylic acids is 1. The summed E-state index contributed by atoms with van der Waals surface area (Å²) < 4.78 is 5.17. The normalized spacial score (nSPS) is 14.2. The van der Waals surface area contributed by atoms with Crippen molar-refractivity contribution < 1.29 is 14.6 Å². The third-order valence-corrected chi connectivity index (χ3v) is 2.42. The van der Waals surface area contributed by atoms with Crippen LogP contribution in [0.4, 0.5) is 0 Å². The zero-order valence-electron chi connectivity index (χ0n) is 13.0. The molecule has 0 radical (unpaired) electrons. The Labute approximate surface area is 117 Å². The molecule has 0 aliphatic rings. The summed E-state index contributed by atoms with van der Waals surface area (Å²) >= 11 is 0. The molecule has 0 fully saturated rings. The van der Waals surface area contributed by atoms with Crippen molar-refractivity contribution in [1.82, 2.24) is 0 Å². The molecule has 1 N–H and O–H groups in total. The molecule has 110 valence electrons. The van der Waals surface area contributed by atoms with Crippen molar-refractivity contribution in [2.45, 2.75) is 84.3 Å². The van der Waals surface area contributed by atoms with E-state index in [0.29, 0.717) is 0 Å². The highest BCUT2D eigenvalue weighted by molar-refractivity contribution is 5.71. The first-order valence-corrected chi connectivity index (χ1v) is 7.10. The first-order chi connectivity index (χ1) is 8.66. The second-order valence-corrected chi connectivity index (χ2v) is 6.15. The lowest BCUT2D eigenvalue weighted by Crippen LogP contribution is -2.31. The molecule has 0 unspecified atom stereocenters. The summed E-state index contributed by atoms with van der Waals surface area (Å²) in [6.45, 7) is 9.13. The number of unbranched alkanes of at least 4 members (excludes halogenated alkanes) is 4. The number of hydrogen-bond acceptors (Lipinski definition) is 3. The molecule has 0 aromatic carbocycles. The number of esters is 1. The lowest BCUT2D eigenvalue weighted by Gasteiger charge is -2.22. The van der Waals surface area contributed by atoms with E-state index in [1.54, 1.807) is 27.7 Å². The van der Waals surface area contributed by atoms with Crippen molar-refractivity contribution in [3.05, 3.63) is 0 Å². The first-order valence-electron chi connectivity index (χ1n) is 7.10. The van der Waals surface area contributed by atoms with E-state index in [4.69, 9.17) is 4.74 Å². The zero-order valence-corrected chi connectivity index (χ0v) is 13.0. The third kappa shape index (κ3) is 11.8. The molecule has 19 heavy (non-hydrogen) atoms. The standard InChI is InChI=1S/C16H28O3/c1-6-7-8-9-10-11-12-16(5,18)13-14(17)19-15(2,3)4/h18H,6-10,13H2,1-5H3/t16-/m1/s1. The van der Waals surface area contributed by atoms with Gasteiger partial charge in [0.05, 0.1) is 6.42 Å². The molecule has 0 aromatic rings. The predicted molar refractivity (Wildman–Crippen MR) is 77.6 cm³/mol. The van der Waals surface area contributed by atoms with Gasteiger partial charge < -0.3 is 9.84 Å². The average Bonchev–Trinajstić information content (AvgIpc) is 2.19. The van der Waals surface area contributed by atoms with Crippen LogP contribution in [0.5, 0.6) is 0 Å². The lowest BCUT2D eigenvalue weighted by atomic mass is 10.0. The van der Waals surface area contributed by atoms with E-state index >= 15 is 0 Å². The van der Waals surface area contributed by atoms with Crippen LogP contribution in [0.15, 0.2) is 0 Å². The fourth-order valence-corrected chi connectivity index (χ4v) is 1.60. The van der Waals surface area contributed by atoms with Gasteiger partial charge in [-0.05, 0) is 34.1 Å². The molecular formula is C16H28O3. The van der Waals surface area contributed by atoms with Gasteiger partial charge in [0.1, 0.15) is 11.2 Å². The van der Waals surface area contributed by atoms with E-state index in [0.717, 1.165) is 12.8 Å². The maximum absolute atomic E-state index is 11.6. The topological polar surface area (TPSA) is 46.5 Å². The van der Waals surface area contributed by atoms with Crippen LogP contribution in [-0.4, -0.2) is 22.3 Å². The van der Waals surface area contributed by atoms with Gasteiger partial charge in [-0.25, -0.2) is 0 Å². The minimum Gasteiger partial charge on any atom is -0.460 e. The number of rotatable bonds is 6. The average molecular weight is 268 g/mol. The number of aliphatic hydroxyl groups is 1. The fraction of sp³-hybridized carbons (Fsp3) is 0.812. The highest BCUT2D eigenvalue weighted by Gasteiger charge is 2.25. The zero-order chi connectivity index (χ0) is 14.9. The van der Waals surface area contributed by atoms with E-state index in [1.807, 2.05) is 0 Å². The summed E-state index contributed by atoms with van der Waals surface area (Å²) in [5.74, 6) is 5.28. The summed E-state index contributed by atoms with van der Waals surface area (Å²) in [7, 11) is 0. The maximum Gasteiger partial charge on any atom is 0.310 e. The monoisotopic (exact) mass is 268 g/mol. The molecule has 0 amide bonds. The second kappa shape index (κ2) is 8.22. The van der Waals surface area contributed by atoms with Crippen LogP contribution in [0.25, 0.3) is 0 Å². The summed E-state index contributed by atoms with van der Waals surface area (Å²) in [6.07, 6.45) is 5.30. The van der Waals surface area contributed by atoms with Crippen LogP contribution in [-0.2, 0) is 9.53 Å². The van der Waals surface area contributed by atoms with Crippen molar-refractivity contribution in [2.75, 3.05) is 0 Å². The Kier molecular flexibility index (Phi) is 7.78. The Hall–Kier alpha value is -1.01. The van der Waals surface area contributed by atoms with E-state index in [-0.39, 0.29) is 6.42 Å². The lowest BCUT2D eigenvalue weighted by molar-refractivity contribution is -0.158. The number of ether oxygens (including phenoxy) is 1. The van der Waals surface area contributed by atoms with Gasteiger partial charge >= 0.3 is 5.97 Å². The van der Waals surface area contributed by atoms with Crippen LogP contribution in [0.1, 0.15) is 73.1 Å². The smallest absolute Gasteiger partial charge is 0.310 e. The molecule has 0 bridgehead atoms. The molecule has 0 rings (SSSR count). The van der Waals surface area contributed by atoms with E-state index in [1.165, 1.54) is 19.3 Å². The molecule has 3 heteroatoms. The summed E-state index contributed by atoms with van der Waals surface area (Å²) in [4.78, 5) is 11.6. The van der Waals surface area contributed by atoms with Crippen LogP contribution in [0.3, 0.4) is 0 Å². The van der Waals surface area contributed by atoms with Gasteiger partial charge in [0.25, 0.3) is 0 Å². The second-order valence-electron chi connectivity index (χ2n) is 6.15. The quantitative estimate of drug-likeness (QED) is 0.456. The van der Waals surface area contributed by atoms with Crippen molar-refractivity contribution >= 4 is 5.97 Å². The molecule has 1 atom stereocenters. The van der Waals surface area contributed by atoms with Crippen LogP contribution in [0, 0.1) is 11.8 Å². The summed E-state index contributed by atoms with van der Waals surface area (Å²) in [5, 5.41) is 10.0. The van der Waals surface area contributed by atoms with Crippen molar-refractivity contribution in [3.8, 4) is 11.8 Å². The number of hydrogen-bond donors (Lipinski definition) is 1. The van der Waals surface area contributed by atoms with E-state index < -0.39 is 17.2 Å². The highest BCUT2D eigenvalue weighted by atomic mass is 16.6. The molecule has 0 saturated carbocycles. The summed E-state index contributed by atoms with van der Waals surface area (Å²) in [5.41, 5.74) is -1.83. The van der Waals surface area contributed by atoms with Gasteiger partial charge in [0.15, 0.2) is 0 Å². The molecule has 0 aliphatic carbocycles. The Bertz CT molecular complexity index is 326. The minimum absolute atomic E-state index is 0.0910. The van der Waals surface area contributed by atoms with Crippen molar-refractivity contribution in [1.29, 1.82) is 0 Å². The first kappa shape index (κ1) is 18.0.